The topological polar surface area (TPSA) is 84.1 Å². The van der Waals surface area contributed by atoms with Crippen LogP contribution in [-0.4, -0.2) is 47.0 Å². The number of anilines is 1. The van der Waals surface area contributed by atoms with E-state index >= 15 is 0 Å². The van der Waals surface area contributed by atoms with Gasteiger partial charge in [-0.05, 0) is 39.7 Å². The van der Waals surface area contributed by atoms with Gasteiger partial charge in [0.1, 0.15) is 0 Å². The molecule has 0 aromatic carbocycles. The first kappa shape index (κ1) is 15.2. The smallest absolute Gasteiger partial charge is 0.227 e. The second-order valence-corrected chi connectivity index (χ2v) is 6.75. The number of aromatic nitrogens is 2. The second kappa shape index (κ2) is 5.83. The Hall–Kier alpha value is -1.69. The van der Waals surface area contributed by atoms with E-state index < -0.39 is 0 Å². The van der Waals surface area contributed by atoms with Gasteiger partial charge in [0, 0.05) is 42.0 Å². The van der Waals surface area contributed by atoms with Gasteiger partial charge in [-0.3, -0.25) is 4.79 Å². The van der Waals surface area contributed by atoms with Crippen molar-refractivity contribution in [3.63, 3.8) is 0 Å². The number of carbonyl (C=O) groups is 1. The summed E-state index contributed by atoms with van der Waals surface area (Å²) >= 11 is 0. The van der Waals surface area contributed by atoms with Gasteiger partial charge >= 0.3 is 0 Å². The Bertz CT molecular complexity index is 557. The molecule has 1 aromatic heterocycles. The number of nitrogen functional groups attached to an aromatic ring is 1. The molecule has 3 heterocycles. The molecule has 3 N–H and O–H groups in total. The fraction of sp³-hybridized carbons (Fsp3) is 0.688. The number of aryl methyl sites for hydroxylation is 2. The first-order valence-electron chi connectivity index (χ1n) is 8.07. The Kier molecular flexibility index (Phi) is 4.04. The monoisotopic (exact) mass is 303 g/mol. The highest BCUT2D eigenvalue weighted by Crippen LogP contribution is 2.35. The van der Waals surface area contributed by atoms with Gasteiger partial charge in [0.05, 0.1) is 6.42 Å². The molecule has 6 nitrogen and oxygen atoms in total. The molecular weight excluding hydrogens is 278 g/mol. The molecule has 1 atom stereocenters. The van der Waals surface area contributed by atoms with Crippen LogP contribution in [0.1, 0.15) is 36.2 Å². The van der Waals surface area contributed by atoms with Gasteiger partial charge in [-0.1, -0.05) is 0 Å². The molecule has 0 radical (unpaired) electrons. The van der Waals surface area contributed by atoms with Crippen LogP contribution in [0.2, 0.25) is 0 Å². The van der Waals surface area contributed by atoms with Crippen LogP contribution >= 0.6 is 0 Å². The van der Waals surface area contributed by atoms with E-state index in [4.69, 9.17) is 5.73 Å². The van der Waals surface area contributed by atoms with Crippen molar-refractivity contribution < 1.29 is 4.79 Å². The Morgan fingerprint density at radius 2 is 2.05 bits per heavy atom. The number of rotatable bonds is 2. The van der Waals surface area contributed by atoms with Gasteiger partial charge < -0.3 is 16.0 Å². The van der Waals surface area contributed by atoms with Crippen LogP contribution in [0.3, 0.4) is 0 Å². The third-order valence-electron chi connectivity index (χ3n) is 5.11. The summed E-state index contributed by atoms with van der Waals surface area (Å²) in [6.45, 7) is 7.66. The zero-order chi connectivity index (χ0) is 15.7. The summed E-state index contributed by atoms with van der Waals surface area (Å²) in [7, 11) is 0. The average molecular weight is 303 g/mol. The molecule has 2 fully saturated rings. The number of nitrogens with one attached hydrogen (secondary N) is 1. The van der Waals surface area contributed by atoms with Crippen LogP contribution in [0.4, 0.5) is 5.95 Å². The number of hydrogen-bond donors (Lipinski definition) is 2. The molecular formula is C16H25N5O. The Morgan fingerprint density at radius 1 is 1.32 bits per heavy atom. The maximum atomic E-state index is 12.7. The van der Waals surface area contributed by atoms with Gasteiger partial charge in [-0.2, -0.15) is 0 Å². The first-order valence-corrected chi connectivity index (χ1v) is 8.07. The molecule has 2 aliphatic rings. The predicted molar refractivity (Wildman–Crippen MR) is 85.4 cm³/mol. The van der Waals surface area contributed by atoms with E-state index in [0.717, 1.165) is 49.6 Å². The van der Waals surface area contributed by atoms with Gasteiger partial charge in [-0.25, -0.2) is 9.97 Å². The Labute approximate surface area is 131 Å². The van der Waals surface area contributed by atoms with Crippen molar-refractivity contribution in [2.45, 2.75) is 39.5 Å². The number of carbonyl (C=O) groups excluding carboxylic acids is 1. The molecule has 6 heteroatoms. The lowest BCUT2D eigenvalue weighted by Crippen LogP contribution is -2.47. The maximum Gasteiger partial charge on any atom is 0.227 e. The van der Waals surface area contributed by atoms with E-state index in [1.54, 1.807) is 0 Å². The third-order valence-corrected chi connectivity index (χ3v) is 5.11. The quantitative estimate of drug-likeness (QED) is 0.845. The zero-order valence-electron chi connectivity index (χ0n) is 13.5. The van der Waals surface area contributed by atoms with E-state index in [0.29, 0.717) is 11.8 Å². The predicted octanol–water partition coefficient (Wildman–Crippen LogP) is 0.820. The molecule has 1 spiro atoms. The van der Waals surface area contributed by atoms with Gasteiger partial charge in [0.15, 0.2) is 0 Å². The fourth-order valence-corrected chi connectivity index (χ4v) is 3.85. The molecule has 2 saturated heterocycles. The lowest BCUT2D eigenvalue weighted by atomic mass is 9.79. The highest BCUT2D eigenvalue weighted by Gasteiger charge is 2.39. The number of nitrogens with two attached hydrogens (primary N) is 1. The van der Waals surface area contributed by atoms with Gasteiger partial charge in [0.25, 0.3) is 0 Å². The minimum absolute atomic E-state index is 0.186. The Balaban J connectivity index is 1.72. The molecule has 0 unspecified atom stereocenters. The van der Waals surface area contributed by atoms with Crippen molar-refractivity contribution in [3.05, 3.63) is 17.0 Å². The van der Waals surface area contributed by atoms with Crippen LogP contribution in [0.5, 0.6) is 0 Å². The molecule has 120 valence electrons. The minimum Gasteiger partial charge on any atom is -0.368 e. The van der Waals surface area contributed by atoms with Crippen LogP contribution in [0, 0.1) is 19.3 Å². The minimum atomic E-state index is 0.186. The van der Waals surface area contributed by atoms with Crippen LogP contribution < -0.4 is 11.1 Å². The summed E-state index contributed by atoms with van der Waals surface area (Å²) in [6, 6.07) is 0. The molecule has 0 aliphatic carbocycles. The zero-order valence-corrected chi connectivity index (χ0v) is 13.5. The summed E-state index contributed by atoms with van der Waals surface area (Å²) in [5.74, 6) is 0.464. The summed E-state index contributed by atoms with van der Waals surface area (Å²) in [4.78, 5) is 23.1. The van der Waals surface area contributed by atoms with E-state index in [9.17, 15) is 4.79 Å². The largest absolute Gasteiger partial charge is 0.368 e. The number of piperidine rings is 1. The standard InChI is InChI=1S/C16H25N5O/c1-11-13(12(2)20-15(17)19-11)8-14(22)21-7-3-4-16(10-21)5-6-18-9-16/h18H,3-10H2,1-2H3,(H2,17,19,20)/t16-/m1/s1. The molecule has 0 saturated carbocycles. The summed E-state index contributed by atoms with van der Waals surface area (Å²) in [5.41, 5.74) is 8.50. The normalized spacial score (nSPS) is 24.9. The van der Waals surface area contributed by atoms with Crippen molar-refractivity contribution in [1.82, 2.24) is 20.2 Å². The highest BCUT2D eigenvalue weighted by atomic mass is 16.2. The SMILES string of the molecule is Cc1nc(N)nc(C)c1CC(=O)N1CCC[C@]2(CCNC2)C1. The number of likely N-dealkylation sites (tertiary alicyclic amines) is 1. The van der Waals surface area contributed by atoms with Crippen LogP contribution in [0.25, 0.3) is 0 Å². The highest BCUT2D eigenvalue weighted by molar-refractivity contribution is 5.79. The number of amides is 1. The van der Waals surface area contributed by atoms with Crippen molar-refractivity contribution in [3.8, 4) is 0 Å². The summed E-state index contributed by atoms with van der Waals surface area (Å²) < 4.78 is 0. The van der Waals surface area contributed by atoms with E-state index in [1.807, 2.05) is 18.7 Å². The van der Waals surface area contributed by atoms with Crippen LogP contribution in [-0.2, 0) is 11.2 Å². The maximum absolute atomic E-state index is 12.7. The molecule has 2 aliphatic heterocycles. The molecule has 0 bridgehead atoms. The van der Waals surface area contributed by atoms with Gasteiger partial charge in [0.2, 0.25) is 11.9 Å². The lowest BCUT2D eigenvalue weighted by molar-refractivity contribution is -0.133. The van der Waals surface area contributed by atoms with Crippen molar-refractivity contribution in [2.75, 3.05) is 31.9 Å². The lowest BCUT2D eigenvalue weighted by Gasteiger charge is -2.40. The first-order chi connectivity index (χ1) is 10.5. The average Bonchev–Trinajstić information content (AvgIpc) is 2.90. The van der Waals surface area contributed by atoms with Crippen molar-refractivity contribution in [2.24, 2.45) is 5.41 Å². The fourth-order valence-electron chi connectivity index (χ4n) is 3.85. The molecule has 1 aromatic rings. The number of nitrogens with zero attached hydrogens (tertiary/aromatic N) is 3. The molecule has 3 rings (SSSR count). The third kappa shape index (κ3) is 2.92. The van der Waals surface area contributed by atoms with Crippen LogP contribution in [0.15, 0.2) is 0 Å². The summed E-state index contributed by atoms with van der Waals surface area (Å²) in [5, 5.41) is 3.44. The Morgan fingerprint density at radius 3 is 2.68 bits per heavy atom. The van der Waals surface area contributed by atoms with E-state index in [2.05, 4.69) is 15.3 Å². The second-order valence-electron chi connectivity index (χ2n) is 6.75. The van der Waals surface area contributed by atoms with Crippen molar-refractivity contribution >= 4 is 11.9 Å². The van der Waals surface area contributed by atoms with Crippen molar-refractivity contribution in [1.29, 1.82) is 0 Å². The molecule has 22 heavy (non-hydrogen) atoms. The van der Waals surface area contributed by atoms with E-state index in [-0.39, 0.29) is 11.9 Å². The summed E-state index contributed by atoms with van der Waals surface area (Å²) in [6.07, 6.45) is 3.89. The van der Waals surface area contributed by atoms with Gasteiger partial charge in [-0.15, -0.1) is 0 Å². The molecule has 1 amide bonds. The van der Waals surface area contributed by atoms with E-state index in [1.165, 1.54) is 12.8 Å². The number of hydrogen-bond acceptors (Lipinski definition) is 5.